The Balaban J connectivity index is 0.000000461. The molecule has 2 aromatic rings. The third-order valence-electron chi connectivity index (χ3n) is 1.61. The van der Waals surface area contributed by atoms with Crippen molar-refractivity contribution in [3.63, 3.8) is 0 Å². The Morgan fingerprint density at radius 2 is 1.93 bits per heavy atom. The van der Waals surface area contributed by atoms with Gasteiger partial charge in [0.2, 0.25) is 0 Å². The number of nitrogens with zero attached hydrogens (tertiary/aromatic N) is 3. The monoisotopic (exact) mass is 319 g/mol. The van der Waals surface area contributed by atoms with Gasteiger partial charge in [-0.15, -0.1) is 0 Å². The maximum absolute atomic E-state index is 4.19. The first kappa shape index (κ1) is 11.7. The van der Waals surface area contributed by atoms with Crippen LogP contribution in [0, 0.1) is 6.92 Å². The van der Waals surface area contributed by atoms with E-state index in [4.69, 9.17) is 0 Å². The van der Waals surface area contributed by atoms with Gasteiger partial charge in [0.1, 0.15) is 4.60 Å². The average molecular weight is 321 g/mol. The number of rotatable bonds is 0. The Morgan fingerprint density at radius 1 is 1.29 bits per heavy atom. The van der Waals surface area contributed by atoms with Crippen LogP contribution in [0.15, 0.2) is 21.6 Å². The molecule has 14 heavy (non-hydrogen) atoms. The molecule has 0 amide bonds. The van der Waals surface area contributed by atoms with Crippen LogP contribution < -0.4 is 0 Å². The highest BCUT2D eigenvalue weighted by molar-refractivity contribution is 9.11. The first-order valence-corrected chi connectivity index (χ1v) is 5.93. The van der Waals surface area contributed by atoms with Crippen LogP contribution in [0.1, 0.15) is 19.5 Å². The summed E-state index contributed by atoms with van der Waals surface area (Å²) < 4.78 is 3.52. The molecule has 0 aliphatic carbocycles. The number of aromatic nitrogens is 3. The van der Waals surface area contributed by atoms with Crippen molar-refractivity contribution in [1.29, 1.82) is 0 Å². The minimum absolute atomic E-state index is 0.755. The molecule has 0 aromatic carbocycles. The van der Waals surface area contributed by atoms with Crippen LogP contribution in [0.3, 0.4) is 0 Å². The zero-order valence-electron chi connectivity index (χ0n) is 8.25. The Bertz CT molecular complexity index is 437. The molecular formula is C9H11Br2N3. The normalized spacial score (nSPS) is 9.79. The van der Waals surface area contributed by atoms with Crippen LogP contribution in [0.5, 0.6) is 0 Å². The second-order valence-electron chi connectivity index (χ2n) is 2.45. The fourth-order valence-electron chi connectivity index (χ4n) is 1.04. The van der Waals surface area contributed by atoms with Crippen LogP contribution in [0.25, 0.3) is 5.65 Å². The molecule has 3 nitrogen and oxygen atoms in total. The number of fused-ring (bicyclic) bond motifs is 1. The van der Waals surface area contributed by atoms with Gasteiger partial charge in [-0.05, 0) is 38.8 Å². The second kappa shape index (κ2) is 4.89. The highest BCUT2D eigenvalue weighted by Gasteiger charge is 2.04. The summed E-state index contributed by atoms with van der Waals surface area (Å²) in [5.74, 6) is 0. The molecule has 0 unspecified atom stereocenters. The van der Waals surface area contributed by atoms with Gasteiger partial charge in [-0.1, -0.05) is 13.8 Å². The summed E-state index contributed by atoms with van der Waals surface area (Å²) in [6.45, 7) is 6.00. The molecule has 76 valence electrons. The van der Waals surface area contributed by atoms with Gasteiger partial charge >= 0.3 is 0 Å². The van der Waals surface area contributed by atoms with Crippen molar-refractivity contribution in [3.8, 4) is 0 Å². The summed E-state index contributed by atoms with van der Waals surface area (Å²) in [6.07, 6.45) is 3.70. The Labute approximate surface area is 99.8 Å². The third kappa shape index (κ3) is 2.15. The van der Waals surface area contributed by atoms with E-state index in [1.807, 2.05) is 37.6 Å². The lowest BCUT2D eigenvalue weighted by atomic mass is 10.5. The summed E-state index contributed by atoms with van der Waals surface area (Å²) in [6, 6.07) is 0. The quantitative estimate of drug-likeness (QED) is 0.742. The van der Waals surface area contributed by atoms with E-state index in [2.05, 4.69) is 41.8 Å². The lowest BCUT2D eigenvalue weighted by Crippen LogP contribution is -1.91. The van der Waals surface area contributed by atoms with E-state index in [9.17, 15) is 0 Å². The van der Waals surface area contributed by atoms with Gasteiger partial charge in [0.15, 0.2) is 10.3 Å². The lowest BCUT2D eigenvalue weighted by molar-refractivity contribution is 1.04. The summed E-state index contributed by atoms with van der Waals surface area (Å²) in [4.78, 5) is 8.36. The summed E-state index contributed by atoms with van der Waals surface area (Å²) in [5.41, 5.74) is 1.93. The van der Waals surface area contributed by atoms with Crippen molar-refractivity contribution in [1.82, 2.24) is 14.4 Å². The first-order valence-electron chi connectivity index (χ1n) is 4.34. The Kier molecular flexibility index (Phi) is 4.07. The van der Waals surface area contributed by atoms with E-state index >= 15 is 0 Å². The minimum atomic E-state index is 0.755. The number of imidazole rings is 1. The third-order valence-corrected chi connectivity index (χ3v) is 2.52. The highest BCUT2D eigenvalue weighted by Crippen LogP contribution is 2.18. The smallest absolute Gasteiger partial charge is 0.170 e. The van der Waals surface area contributed by atoms with Gasteiger partial charge in [-0.3, -0.25) is 4.40 Å². The zero-order valence-corrected chi connectivity index (χ0v) is 11.4. The van der Waals surface area contributed by atoms with E-state index < -0.39 is 0 Å². The molecule has 0 aliphatic heterocycles. The van der Waals surface area contributed by atoms with E-state index in [1.165, 1.54) is 0 Å². The van der Waals surface area contributed by atoms with Crippen LogP contribution in [0.2, 0.25) is 0 Å². The molecule has 0 spiro atoms. The van der Waals surface area contributed by atoms with Gasteiger partial charge in [0.05, 0.1) is 0 Å². The predicted octanol–water partition coefficient (Wildman–Crippen LogP) is 3.59. The molecule has 5 heteroatoms. The van der Waals surface area contributed by atoms with Crippen molar-refractivity contribution >= 4 is 37.5 Å². The second-order valence-corrected chi connectivity index (χ2v) is 4.01. The molecule has 0 bridgehead atoms. The number of hydrogen-bond acceptors (Lipinski definition) is 2. The van der Waals surface area contributed by atoms with Crippen molar-refractivity contribution < 1.29 is 0 Å². The topological polar surface area (TPSA) is 30.2 Å². The number of halogens is 2. The van der Waals surface area contributed by atoms with E-state index in [1.54, 1.807) is 0 Å². The molecule has 0 N–H and O–H groups in total. The average Bonchev–Trinajstić information content (AvgIpc) is 2.52. The fourth-order valence-corrected chi connectivity index (χ4v) is 2.15. The van der Waals surface area contributed by atoms with Crippen LogP contribution in [-0.2, 0) is 0 Å². The molecule has 0 saturated carbocycles. The zero-order chi connectivity index (χ0) is 10.7. The summed E-state index contributed by atoms with van der Waals surface area (Å²) in [7, 11) is 0. The maximum atomic E-state index is 4.19. The van der Waals surface area contributed by atoms with Gasteiger partial charge in [-0.2, -0.15) is 0 Å². The molecule has 0 saturated heterocycles. The molecular weight excluding hydrogens is 310 g/mol. The predicted molar refractivity (Wildman–Crippen MR) is 64.5 cm³/mol. The molecule has 0 aliphatic rings. The summed E-state index contributed by atoms with van der Waals surface area (Å²) in [5, 5.41) is 0. The molecule has 0 fully saturated rings. The maximum Gasteiger partial charge on any atom is 0.170 e. The number of hydrogen-bond donors (Lipinski definition) is 0. The van der Waals surface area contributed by atoms with Gasteiger partial charge in [0, 0.05) is 18.1 Å². The van der Waals surface area contributed by atoms with Gasteiger partial charge in [-0.25, -0.2) is 9.97 Å². The summed E-state index contributed by atoms with van der Waals surface area (Å²) >= 11 is 6.65. The van der Waals surface area contributed by atoms with Crippen molar-refractivity contribution in [2.24, 2.45) is 0 Å². The van der Waals surface area contributed by atoms with Crippen LogP contribution in [0.4, 0.5) is 0 Å². The fraction of sp³-hybridized carbons (Fsp3) is 0.333. The standard InChI is InChI=1S/C7H5Br2N3.C2H6/c1-4-2-10-7-6(9)11-5(8)3-12(4)7;1-2/h2-3H,1H3;1-2H3. The van der Waals surface area contributed by atoms with E-state index in [-0.39, 0.29) is 0 Å². The molecule has 2 aromatic heterocycles. The van der Waals surface area contributed by atoms with Crippen molar-refractivity contribution in [2.45, 2.75) is 20.8 Å². The molecule has 2 heterocycles. The van der Waals surface area contributed by atoms with Crippen molar-refractivity contribution in [3.05, 3.63) is 27.3 Å². The lowest BCUT2D eigenvalue weighted by Gasteiger charge is -1.98. The first-order chi connectivity index (χ1) is 6.68. The van der Waals surface area contributed by atoms with E-state index in [0.717, 1.165) is 20.5 Å². The Hall–Kier alpha value is -0.420. The molecule has 2 rings (SSSR count). The largest absolute Gasteiger partial charge is 0.299 e. The van der Waals surface area contributed by atoms with Crippen LogP contribution in [-0.4, -0.2) is 14.4 Å². The highest BCUT2D eigenvalue weighted by atomic mass is 79.9. The van der Waals surface area contributed by atoms with Gasteiger partial charge < -0.3 is 0 Å². The van der Waals surface area contributed by atoms with E-state index in [0.29, 0.717) is 0 Å². The van der Waals surface area contributed by atoms with Crippen LogP contribution >= 0.6 is 31.9 Å². The minimum Gasteiger partial charge on any atom is -0.299 e. The van der Waals surface area contributed by atoms with Gasteiger partial charge in [0.25, 0.3) is 0 Å². The molecule has 0 radical (unpaired) electrons. The molecule has 0 atom stereocenters. The Morgan fingerprint density at radius 3 is 2.57 bits per heavy atom. The SMILES string of the molecule is CC.Cc1cnc2c(Br)nc(Br)cn12. The van der Waals surface area contributed by atoms with Crippen molar-refractivity contribution in [2.75, 3.05) is 0 Å². The number of aryl methyl sites for hydroxylation is 1.